The number of hydrogen-bond donors (Lipinski definition) is 0. The summed E-state index contributed by atoms with van der Waals surface area (Å²) < 4.78 is 1.42. The molecule has 23 heavy (non-hydrogen) atoms. The summed E-state index contributed by atoms with van der Waals surface area (Å²) in [5, 5.41) is 2.21. The van der Waals surface area contributed by atoms with Gasteiger partial charge in [-0.2, -0.15) is 4.98 Å². The van der Waals surface area contributed by atoms with Crippen LogP contribution in [0.1, 0.15) is 16.1 Å². The molecule has 0 saturated carbocycles. The van der Waals surface area contributed by atoms with E-state index >= 15 is 0 Å². The van der Waals surface area contributed by atoms with Gasteiger partial charge in [0, 0.05) is 19.4 Å². The molecule has 0 aliphatic carbocycles. The minimum absolute atomic E-state index is 0.181. The van der Waals surface area contributed by atoms with Crippen molar-refractivity contribution in [2.45, 2.75) is 11.9 Å². The third-order valence-electron chi connectivity index (χ3n) is 2.54. The fraction of sp³-hybridized carbons (Fsp3) is 0.143. The Balaban J connectivity index is 0.000000816. The number of thioether (sulfide) groups is 1. The van der Waals surface area contributed by atoms with Crippen molar-refractivity contribution in [3.05, 3.63) is 63.8 Å². The van der Waals surface area contributed by atoms with Crippen LogP contribution < -0.4 is 5.69 Å². The Labute approximate surface area is 152 Å². The molecule has 0 unspecified atom stereocenters. The average Bonchev–Trinajstić information content (AvgIpc) is 2.53. The molecule has 2 heterocycles. The van der Waals surface area contributed by atoms with E-state index in [1.165, 1.54) is 22.4 Å². The van der Waals surface area contributed by atoms with Gasteiger partial charge in [0.15, 0.2) is 0 Å². The maximum absolute atomic E-state index is 11.8. The van der Waals surface area contributed by atoms with E-state index in [1.54, 1.807) is 43.0 Å². The van der Waals surface area contributed by atoms with E-state index in [4.69, 9.17) is 20.4 Å². The van der Waals surface area contributed by atoms with Gasteiger partial charge in [-0.3, -0.25) is 9.78 Å². The Hall–Kier alpha value is -1.14. The van der Waals surface area contributed by atoms with Crippen molar-refractivity contribution < 1.29 is 17.4 Å². The van der Waals surface area contributed by atoms with Gasteiger partial charge >= 0.3 is 38.7 Å². The second-order valence-corrected chi connectivity index (χ2v) is 6.69. The molecule has 0 aliphatic heterocycles. The molecule has 126 valence electrons. The maximum atomic E-state index is 11.8. The molecule has 0 atom stereocenters. The summed E-state index contributed by atoms with van der Waals surface area (Å²) >= 11 is 1.81. The molecule has 0 spiro atoms. The Morgan fingerprint density at radius 1 is 1.39 bits per heavy atom. The van der Waals surface area contributed by atoms with Crippen molar-refractivity contribution in [3.8, 4) is 0 Å². The average molecular weight is 417 g/mol. The van der Waals surface area contributed by atoms with Crippen LogP contribution in [0.15, 0.2) is 51.9 Å². The molecule has 5 nitrogen and oxygen atoms in total. The van der Waals surface area contributed by atoms with Gasteiger partial charge in [0.1, 0.15) is 10.7 Å². The van der Waals surface area contributed by atoms with Crippen molar-refractivity contribution in [3.63, 3.8) is 0 Å². The zero-order chi connectivity index (χ0) is 17.2. The van der Waals surface area contributed by atoms with Crippen LogP contribution in [0.5, 0.6) is 0 Å². The number of carbonyl (C=O) groups is 1. The first-order chi connectivity index (χ1) is 11.0. The van der Waals surface area contributed by atoms with Gasteiger partial charge in [0.2, 0.25) is 5.78 Å². The molecular formula is C14H13Cl2N3NiO2S. The van der Waals surface area contributed by atoms with Gasteiger partial charge in [-0.15, -0.1) is 0 Å². The summed E-state index contributed by atoms with van der Waals surface area (Å²) in [5.41, 5.74) is 0.951. The number of halogens is 2. The minimum atomic E-state index is -0.317. The Morgan fingerprint density at radius 3 is 2.70 bits per heavy atom. The summed E-state index contributed by atoms with van der Waals surface area (Å²) in [4.78, 5) is 31.1. The first kappa shape index (κ1) is 19.9. The van der Waals surface area contributed by atoms with Gasteiger partial charge in [0.25, 0.3) is 0 Å². The number of aryl methyl sites for hydroxylation is 2. The van der Waals surface area contributed by atoms with Crippen molar-refractivity contribution in [1.29, 1.82) is 0 Å². The fourth-order valence-electron chi connectivity index (χ4n) is 1.53. The standard InChI is InChI=1S/C14H13N3O2S.2ClH.Ni/c1-10-9-17(2)14(19)16-13(10)20-8-6-12(18)11-5-3-4-7-15-11;;;/h3-9H,1-2H3;2*1H;/q;;;+2/p-2/b8-6+;;;. The Morgan fingerprint density at radius 2 is 2.09 bits per heavy atom. The number of ketones is 1. The van der Waals surface area contributed by atoms with E-state index in [1.807, 2.05) is 6.92 Å². The molecule has 0 fully saturated rings. The molecule has 0 amide bonds. The molecule has 0 radical (unpaired) electrons. The number of hydrogen-bond acceptors (Lipinski definition) is 5. The zero-order valence-corrected chi connectivity index (χ0v) is 15.5. The second kappa shape index (κ2) is 10.6. The zero-order valence-electron chi connectivity index (χ0n) is 12.2. The third kappa shape index (κ3) is 6.87. The second-order valence-electron chi connectivity index (χ2n) is 4.17. The van der Waals surface area contributed by atoms with Crippen LogP contribution in [0.25, 0.3) is 0 Å². The first-order valence-electron chi connectivity index (χ1n) is 6.14. The molecule has 2 rings (SSSR count). The first-order valence-corrected chi connectivity index (χ1v) is 9.74. The van der Waals surface area contributed by atoms with Crippen LogP contribution in [0.4, 0.5) is 0 Å². The molecule has 0 saturated heterocycles. The molecule has 9 heteroatoms. The van der Waals surface area contributed by atoms with E-state index in [-0.39, 0.29) is 11.5 Å². The van der Waals surface area contributed by atoms with Gasteiger partial charge in [-0.05, 0) is 36.1 Å². The number of allylic oxidation sites excluding steroid dienone is 1. The van der Waals surface area contributed by atoms with Crippen molar-refractivity contribution >= 4 is 37.9 Å². The molecular weight excluding hydrogens is 404 g/mol. The SMILES string of the molecule is Cc1cn(C)c(=O)nc1S/C=C/C(=O)c1ccccn1.[Cl][Ni][Cl]. The number of aromatic nitrogens is 3. The van der Waals surface area contributed by atoms with Crippen molar-refractivity contribution in [1.82, 2.24) is 14.5 Å². The molecule has 0 aliphatic rings. The van der Waals surface area contributed by atoms with Crippen molar-refractivity contribution in [2.24, 2.45) is 7.05 Å². The summed E-state index contributed by atoms with van der Waals surface area (Å²) in [7, 11) is 11.1. The molecule has 0 aromatic carbocycles. The van der Waals surface area contributed by atoms with Crippen LogP contribution in [-0.4, -0.2) is 20.3 Å². The predicted molar refractivity (Wildman–Crippen MR) is 89.5 cm³/mol. The van der Waals surface area contributed by atoms with E-state index in [0.29, 0.717) is 23.4 Å². The van der Waals surface area contributed by atoms with Crippen LogP contribution in [0.3, 0.4) is 0 Å². The summed E-state index contributed by atoms with van der Waals surface area (Å²) in [6.45, 7) is 1.86. The number of rotatable bonds is 4. The normalized spacial score (nSPS) is 10.4. The quantitative estimate of drug-likeness (QED) is 0.251. The van der Waals surface area contributed by atoms with Crippen molar-refractivity contribution in [2.75, 3.05) is 0 Å². The third-order valence-corrected chi connectivity index (χ3v) is 3.45. The van der Waals surface area contributed by atoms with Crippen LogP contribution in [0, 0.1) is 6.92 Å². The summed E-state index contributed by atoms with van der Waals surface area (Å²) in [6, 6.07) is 5.16. The summed E-state index contributed by atoms with van der Waals surface area (Å²) in [5.74, 6) is -0.181. The van der Waals surface area contributed by atoms with Gasteiger partial charge in [0.05, 0.1) is 0 Å². The monoisotopic (exact) mass is 415 g/mol. The number of carbonyl (C=O) groups excluding carboxylic acids is 1. The number of nitrogens with zero attached hydrogens (tertiary/aromatic N) is 3. The van der Waals surface area contributed by atoms with Gasteiger partial charge < -0.3 is 4.57 Å². The predicted octanol–water partition coefficient (Wildman–Crippen LogP) is 3.35. The summed E-state index contributed by atoms with van der Waals surface area (Å²) in [6.07, 6.45) is 4.71. The van der Waals surface area contributed by atoms with Crippen LogP contribution in [-0.2, 0) is 19.7 Å². The molecule has 2 aromatic heterocycles. The fourth-order valence-corrected chi connectivity index (χ4v) is 2.22. The van der Waals surface area contributed by atoms with E-state index in [0.717, 1.165) is 5.56 Å². The molecule has 0 bridgehead atoms. The van der Waals surface area contributed by atoms with E-state index in [9.17, 15) is 9.59 Å². The van der Waals surface area contributed by atoms with Crippen LogP contribution in [0.2, 0.25) is 0 Å². The van der Waals surface area contributed by atoms with E-state index in [2.05, 4.69) is 9.97 Å². The Kier molecular flexibility index (Phi) is 9.18. The Bertz CT molecular complexity index is 739. The molecule has 2 aromatic rings. The topological polar surface area (TPSA) is 64.8 Å². The van der Waals surface area contributed by atoms with Gasteiger partial charge in [-0.25, -0.2) is 4.79 Å². The van der Waals surface area contributed by atoms with E-state index < -0.39 is 0 Å². The number of pyridine rings is 1. The van der Waals surface area contributed by atoms with Gasteiger partial charge in [-0.1, -0.05) is 17.8 Å². The molecule has 0 N–H and O–H groups in total. The van der Waals surface area contributed by atoms with Crippen LogP contribution >= 0.6 is 32.2 Å².